The van der Waals surface area contributed by atoms with Crippen molar-refractivity contribution in [2.75, 3.05) is 25.6 Å². The molecule has 2 rings (SSSR count). The van der Waals surface area contributed by atoms with Crippen LogP contribution in [-0.2, 0) is 9.53 Å². The number of rotatable bonds is 7. The normalized spacial score (nSPS) is 10.3. The predicted molar refractivity (Wildman–Crippen MR) is 86.7 cm³/mol. The van der Waals surface area contributed by atoms with Gasteiger partial charge in [-0.1, -0.05) is 18.2 Å². The second-order valence-electron chi connectivity index (χ2n) is 4.95. The van der Waals surface area contributed by atoms with E-state index in [1.807, 2.05) is 30.3 Å². The molecule has 0 aliphatic rings. The van der Waals surface area contributed by atoms with Gasteiger partial charge in [0.15, 0.2) is 5.69 Å². The molecule has 1 heterocycles. The van der Waals surface area contributed by atoms with Crippen LogP contribution in [0.1, 0.15) is 23.8 Å². The van der Waals surface area contributed by atoms with Crippen molar-refractivity contribution in [3.05, 3.63) is 42.1 Å². The summed E-state index contributed by atoms with van der Waals surface area (Å²) in [5.41, 5.74) is 1.00. The molecule has 122 valence electrons. The van der Waals surface area contributed by atoms with Crippen LogP contribution in [0.2, 0.25) is 0 Å². The van der Waals surface area contributed by atoms with Crippen molar-refractivity contribution in [1.29, 1.82) is 0 Å². The Morgan fingerprint density at radius 1 is 1.26 bits per heavy atom. The summed E-state index contributed by atoms with van der Waals surface area (Å²) < 4.78 is 6.47. The van der Waals surface area contributed by atoms with Crippen molar-refractivity contribution >= 4 is 17.6 Å². The maximum atomic E-state index is 12.2. The van der Waals surface area contributed by atoms with Gasteiger partial charge in [-0.3, -0.25) is 9.59 Å². The van der Waals surface area contributed by atoms with Crippen molar-refractivity contribution in [2.45, 2.75) is 13.3 Å². The molecule has 0 aliphatic heterocycles. The molecule has 0 saturated heterocycles. The van der Waals surface area contributed by atoms with Gasteiger partial charge in [-0.05, 0) is 18.6 Å². The number of hydrogen-bond donors (Lipinski definition) is 2. The van der Waals surface area contributed by atoms with Gasteiger partial charge in [-0.2, -0.15) is 5.10 Å². The molecular weight excluding hydrogens is 296 g/mol. The fourth-order valence-corrected chi connectivity index (χ4v) is 2.04. The third-order valence-electron chi connectivity index (χ3n) is 3.06. The van der Waals surface area contributed by atoms with Gasteiger partial charge in [0.05, 0.1) is 5.69 Å². The molecule has 0 saturated carbocycles. The van der Waals surface area contributed by atoms with Crippen LogP contribution in [0.25, 0.3) is 5.69 Å². The van der Waals surface area contributed by atoms with Crippen LogP contribution in [0.5, 0.6) is 0 Å². The second kappa shape index (κ2) is 8.09. The van der Waals surface area contributed by atoms with Crippen LogP contribution in [0.4, 0.5) is 5.82 Å². The largest absolute Gasteiger partial charge is 0.385 e. The standard InChI is InChI=1S/C16H20N4O3/c1-12(21)18-15-11-14(16(22)17-9-6-10-23-2)19-20(15)13-7-4-3-5-8-13/h3-5,7-8,11H,6,9-10H2,1-2H3,(H,17,22)(H,18,21). The fraction of sp³-hybridized carbons (Fsp3) is 0.312. The molecule has 2 aromatic rings. The van der Waals surface area contributed by atoms with E-state index in [0.717, 1.165) is 12.1 Å². The van der Waals surface area contributed by atoms with Gasteiger partial charge in [-0.25, -0.2) is 4.68 Å². The number of aromatic nitrogens is 2. The highest BCUT2D eigenvalue weighted by molar-refractivity contribution is 5.95. The van der Waals surface area contributed by atoms with Crippen LogP contribution in [-0.4, -0.2) is 41.9 Å². The first-order chi connectivity index (χ1) is 11.1. The zero-order valence-electron chi connectivity index (χ0n) is 13.2. The number of carbonyl (C=O) groups excluding carboxylic acids is 2. The molecule has 2 N–H and O–H groups in total. The smallest absolute Gasteiger partial charge is 0.271 e. The average Bonchev–Trinajstić information content (AvgIpc) is 2.95. The molecule has 7 heteroatoms. The van der Waals surface area contributed by atoms with E-state index in [9.17, 15) is 9.59 Å². The quantitative estimate of drug-likeness (QED) is 0.760. The highest BCUT2D eigenvalue weighted by Crippen LogP contribution is 2.17. The van der Waals surface area contributed by atoms with Gasteiger partial charge in [0.2, 0.25) is 5.91 Å². The lowest BCUT2D eigenvalue weighted by molar-refractivity contribution is -0.114. The van der Waals surface area contributed by atoms with Gasteiger partial charge >= 0.3 is 0 Å². The Kier molecular flexibility index (Phi) is 5.87. The lowest BCUT2D eigenvalue weighted by Gasteiger charge is -2.06. The van der Waals surface area contributed by atoms with Gasteiger partial charge in [0, 0.05) is 33.3 Å². The Bertz CT molecular complexity index is 667. The van der Waals surface area contributed by atoms with E-state index in [1.54, 1.807) is 13.2 Å². The summed E-state index contributed by atoms with van der Waals surface area (Å²) >= 11 is 0. The third kappa shape index (κ3) is 4.65. The molecule has 23 heavy (non-hydrogen) atoms. The van der Waals surface area contributed by atoms with Crippen molar-refractivity contribution in [1.82, 2.24) is 15.1 Å². The topological polar surface area (TPSA) is 85.3 Å². The van der Waals surface area contributed by atoms with Crippen molar-refractivity contribution in [3.8, 4) is 5.69 Å². The maximum Gasteiger partial charge on any atom is 0.271 e. The molecule has 0 atom stereocenters. The van der Waals surface area contributed by atoms with E-state index in [-0.39, 0.29) is 17.5 Å². The van der Waals surface area contributed by atoms with Crippen LogP contribution in [0.3, 0.4) is 0 Å². The van der Waals surface area contributed by atoms with Crippen molar-refractivity contribution in [2.24, 2.45) is 0 Å². The molecule has 0 aliphatic carbocycles. The summed E-state index contributed by atoms with van der Waals surface area (Å²) in [6.07, 6.45) is 0.722. The first kappa shape index (κ1) is 16.7. The molecule has 0 radical (unpaired) electrons. The van der Waals surface area contributed by atoms with Crippen LogP contribution in [0, 0.1) is 0 Å². The van der Waals surface area contributed by atoms with Crippen molar-refractivity contribution in [3.63, 3.8) is 0 Å². The lowest BCUT2D eigenvalue weighted by atomic mass is 10.3. The number of hydrogen-bond acceptors (Lipinski definition) is 4. The van der Waals surface area contributed by atoms with Gasteiger partial charge in [-0.15, -0.1) is 0 Å². The minimum Gasteiger partial charge on any atom is -0.385 e. The third-order valence-corrected chi connectivity index (χ3v) is 3.06. The molecule has 1 aromatic carbocycles. The van der Waals surface area contributed by atoms with E-state index in [4.69, 9.17) is 4.74 Å². The highest BCUT2D eigenvalue weighted by atomic mass is 16.5. The SMILES string of the molecule is COCCCNC(=O)c1cc(NC(C)=O)n(-c2ccccc2)n1. The number of methoxy groups -OCH3 is 1. The summed E-state index contributed by atoms with van der Waals surface area (Å²) in [6.45, 7) is 2.49. The molecule has 0 unspecified atom stereocenters. The van der Waals surface area contributed by atoms with E-state index in [1.165, 1.54) is 11.6 Å². The predicted octanol–water partition coefficient (Wildman–Crippen LogP) is 1.60. The summed E-state index contributed by atoms with van der Waals surface area (Å²) in [7, 11) is 1.61. The maximum absolute atomic E-state index is 12.2. The monoisotopic (exact) mass is 316 g/mol. The van der Waals surface area contributed by atoms with E-state index < -0.39 is 0 Å². The van der Waals surface area contributed by atoms with E-state index >= 15 is 0 Å². The van der Waals surface area contributed by atoms with Crippen LogP contribution < -0.4 is 10.6 Å². The summed E-state index contributed by atoms with van der Waals surface area (Å²) in [5.74, 6) is -0.0674. The summed E-state index contributed by atoms with van der Waals surface area (Å²) in [5, 5.41) is 9.75. The molecule has 2 amide bonds. The zero-order chi connectivity index (χ0) is 16.7. The molecule has 0 fully saturated rings. The Hall–Kier alpha value is -2.67. The molecule has 0 bridgehead atoms. The molecule has 0 spiro atoms. The zero-order valence-corrected chi connectivity index (χ0v) is 13.2. The van der Waals surface area contributed by atoms with Crippen molar-refractivity contribution < 1.29 is 14.3 Å². The highest BCUT2D eigenvalue weighted by Gasteiger charge is 2.15. The van der Waals surface area contributed by atoms with Gasteiger partial charge < -0.3 is 15.4 Å². The number of amides is 2. The molecular formula is C16H20N4O3. The molecule has 7 nitrogen and oxygen atoms in total. The number of carbonyl (C=O) groups is 2. The number of anilines is 1. The Labute approximate surface area is 134 Å². The Morgan fingerprint density at radius 3 is 2.65 bits per heavy atom. The first-order valence-corrected chi connectivity index (χ1v) is 7.32. The Morgan fingerprint density at radius 2 is 2.00 bits per heavy atom. The van der Waals surface area contributed by atoms with Gasteiger partial charge in [0.25, 0.3) is 5.91 Å². The average molecular weight is 316 g/mol. The van der Waals surface area contributed by atoms with Crippen LogP contribution >= 0.6 is 0 Å². The number of para-hydroxylation sites is 1. The minimum absolute atomic E-state index is 0.228. The Balaban J connectivity index is 2.20. The second-order valence-corrected chi connectivity index (χ2v) is 4.95. The van der Waals surface area contributed by atoms with Gasteiger partial charge in [0.1, 0.15) is 5.82 Å². The molecule has 1 aromatic heterocycles. The number of benzene rings is 1. The van der Waals surface area contributed by atoms with Crippen LogP contribution in [0.15, 0.2) is 36.4 Å². The number of nitrogens with one attached hydrogen (secondary N) is 2. The number of ether oxygens (including phenoxy) is 1. The number of nitrogens with zero attached hydrogens (tertiary/aromatic N) is 2. The minimum atomic E-state index is -0.289. The first-order valence-electron chi connectivity index (χ1n) is 7.32. The summed E-state index contributed by atoms with van der Waals surface area (Å²) in [6, 6.07) is 10.9. The van der Waals surface area contributed by atoms with E-state index in [0.29, 0.717) is 19.0 Å². The summed E-state index contributed by atoms with van der Waals surface area (Å²) in [4.78, 5) is 23.5. The fourth-order valence-electron chi connectivity index (χ4n) is 2.04. The lowest BCUT2D eigenvalue weighted by Crippen LogP contribution is -2.25. The van der Waals surface area contributed by atoms with E-state index in [2.05, 4.69) is 15.7 Å².